The molecule has 0 saturated carbocycles. The van der Waals surface area contributed by atoms with Crippen molar-refractivity contribution in [2.75, 3.05) is 44.2 Å². The van der Waals surface area contributed by atoms with Gasteiger partial charge >= 0.3 is 0 Å². The molecule has 1 amide bonds. The van der Waals surface area contributed by atoms with Gasteiger partial charge in [-0.05, 0) is 25.0 Å². The van der Waals surface area contributed by atoms with Crippen LogP contribution >= 0.6 is 0 Å². The van der Waals surface area contributed by atoms with E-state index in [1.807, 2.05) is 4.90 Å². The van der Waals surface area contributed by atoms with Crippen LogP contribution in [0.3, 0.4) is 0 Å². The van der Waals surface area contributed by atoms with Crippen LogP contribution < -0.4 is 4.90 Å². The molecular formula is C20H25N5O. The summed E-state index contributed by atoms with van der Waals surface area (Å²) in [7, 11) is 0. The first kappa shape index (κ1) is 17.0. The lowest BCUT2D eigenvalue weighted by atomic mass is 10.0. The summed E-state index contributed by atoms with van der Waals surface area (Å²) in [5, 5.41) is 0. The zero-order valence-corrected chi connectivity index (χ0v) is 15.0. The molecule has 2 fully saturated rings. The normalized spacial score (nSPS) is 21.6. The van der Waals surface area contributed by atoms with Crippen LogP contribution in [-0.4, -0.2) is 71.0 Å². The number of nitrogens with zero attached hydrogens (tertiary/aromatic N) is 5. The van der Waals surface area contributed by atoms with Gasteiger partial charge in [0.25, 0.3) is 5.91 Å². The minimum atomic E-state index is 0.00530. The van der Waals surface area contributed by atoms with E-state index in [9.17, 15) is 4.79 Å². The smallest absolute Gasteiger partial charge is 0.274 e. The highest BCUT2D eigenvalue weighted by molar-refractivity contribution is 5.92. The maximum Gasteiger partial charge on any atom is 0.274 e. The van der Waals surface area contributed by atoms with Crippen LogP contribution in [-0.2, 0) is 0 Å². The molecule has 1 aromatic carbocycles. The Balaban J connectivity index is 1.35. The van der Waals surface area contributed by atoms with E-state index < -0.39 is 0 Å². The molecule has 6 heteroatoms. The molecule has 2 saturated heterocycles. The molecular weight excluding hydrogens is 326 g/mol. The Labute approximate surface area is 154 Å². The molecule has 0 N–H and O–H groups in total. The number of para-hydroxylation sites is 1. The molecule has 1 atom stereocenters. The molecule has 2 aliphatic heterocycles. The van der Waals surface area contributed by atoms with Gasteiger partial charge in [0.2, 0.25) is 0 Å². The third-order valence-electron chi connectivity index (χ3n) is 5.42. The van der Waals surface area contributed by atoms with Gasteiger partial charge in [0.15, 0.2) is 0 Å². The molecule has 0 radical (unpaired) electrons. The van der Waals surface area contributed by atoms with Crippen molar-refractivity contribution in [3.63, 3.8) is 0 Å². The summed E-state index contributed by atoms with van der Waals surface area (Å²) >= 11 is 0. The predicted molar refractivity (Wildman–Crippen MR) is 101 cm³/mol. The van der Waals surface area contributed by atoms with E-state index in [0.717, 1.165) is 52.1 Å². The highest BCUT2D eigenvalue weighted by atomic mass is 16.2. The second-order valence-corrected chi connectivity index (χ2v) is 7.00. The largest absolute Gasteiger partial charge is 0.369 e. The highest BCUT2D eigenvalue weighted by Gasteiger charge is 2.30. The van der Waals surface area contributed by atoms with Gasteiger partial charge in [0, 0.05) is 63.4 Å². The van der Waals surface area contributed by atoms with Crippen molar-refractivity contribution in [2.45, 2.75) is 18.9 Å². The lowest BCUT2D eigenvalue weighted by molar-refractivity contribution is 0.0558. The molecule has 1 aromatic heterocycles. The Kier molecular flexibility index (Phi) is 5.11. The Morgan fingerprint density at radius 2 is 1.81 bits per heavy atom. The minimum Gasteiger partial charge on any atom is -0.369 e. The van der Waals surface area contributed by atoms with E-state index in [-0.39, 0.29) is 5.91 Å². The zero-order valence-electron chi connectivity index (χ0n) is 15.0. The van der Waals surface area contributed by atoms with Crippen LogP contribution in [0.15, 0.2) is 48.9 Å². The topological polar surface area (TPSA) is 52.6 Å². The summed E-state index contributed by atoms with van der Waals surface area (Å²) in [4.78, 5) is 27.8. The number of hydrogen-bond acceptors (Lipinski definition) is 5. The Morgan fingerprint density at radius 1 is 1.00 bits per heavy atom. The first-order valence-electron chi connectivity index (χ1n) is 9.40. The fourth-order valence-corrected chi connectivity index (χ4v) is 3.99. The zero-order chi connectivity index (χ0) is 17.8. The number of anilines is 1. The van der Waals surface area contributed by atoms with Gasteiger partial charge in [0.1, 0.15) is 5.69 Å². The highest BCUT2D eigenvalue weighted by Crippen LogP contribution is 2.21. The van der Waals surface area contributed by atoms with Gasteiger partial charge in [-0.25, -0.2) is 4.98 Å². The van der Waals surface area contributed by atoms with Crippen molar-refractivity contribution in [1.29, 1.82) is 0 Å². The molecule has 0 bridgehead atoms. The third kappa shape index (κ3) is 3.70. The number of piperidine rings is 1. The third-order valence-corrected chi connectivity index (χ3v) is 5.42. The van der Waals surface area contributed by atoms with Crippen LogP contribution in [0.1, 0.15) is 23.3 Å². The number of benzene rings is 1. The minimum absolute atomic E-state index is 0.00530. The monoisotopic (exact) mass is 351 g/mol. The van der Waals surface area contributed by atoms with E-state index in [2.05, 4.69) is 50.1 Å². The second-order valence-electron chi connectivity index (χ2n) is 7.00. The average Bonchev–Trinajstić information content (AvgIpc) is 2.75. The second kappa shape index (κ2) is 7.83. The lowest BCUT2D eigenvalue weighted by Gasteiger charge is -2.43. The fraction of sp³-hybridized carbons (Fsp3) is 0.450. The van der Waals surface area contributed by atoms with Gasteiger partial charge in [-0.3, -0.25) is 14.7 Å². The Bertz CT molecular complexity index is 715. The number of amides is 1. The van der Waals surface area contributed by atoms with E-state index in [4.69, 9.17) is 0 Å². The first-order chi connectivity index (χ1) is 12.8. The Morgan fingerprint density at radius 3 is 2.54 bits per heavy atom. The van der Waals surface area contributed by atoms with Crippen molar-refractivity contribution in [2.24, 2.45) is 0 Å². The van der Waals surface area contributed by atoms with Crippen LogP contribution in [0.4, 0.5) is 5.69 Å². The van der Waals surface area contributed by atoms with Crippen molar-refractivity contribution < 1.29 is 4.79 Å². The van der Waals surface area contributed by atoms with E-state index in [1.54, 1.807) is 18.6 Å². The fourth-order valence-electron chi connectivity index (χ4n) is 3.99. The number of piperazine rings is 1. The van der Waals surface area contributed by atoms with Crippen molar-refractivity contribution >= 4 is 11.6 Å². The van der Waals surface area contributed by atoms with Gasteiger partial charge in [-0.2, -0.15) is 0 Å². The van der Waals surface area contributed by atoms with Crippen molar-refractivity contribution in [3.05, 3.63) is 54.6 Å². The van der Waals surface area contributed by atoms with Crippen LogP contribution in [0.25, 0.3) is 0 Å². The summed E-state index contributed by atoms with van der Waals surface area (Å²) in [5.41, 5.74) is 1.75. The first-order valence-corrected chi connectivity index (χ1v) is 9.40. The SMILES string of the molecule is O=C(c1cnccn1)N1CCCC(N2CCN(c3ccccc3)CC2)C1. The molecule has 3 heterocycles. The van der Waals surface area contributed by atoms with E-state index >= 15 is 0 Å². The summed E-state index contributed by atoms with van der Waals surface area (Å²) in [6.07, 6.45) is 6.95. The summed E-state index contributed by atoms with van der Waals surface area (Å²) in [6, 6.07) is 11.1. The molecule has 0 spiro atoms. The summed E-state index contributed by atoms with van der Waals surface area (Å²) < 4.78 is 0. The average molecular weight is 351 g/mol. The van der Waals surface area contributed by atoms with Gasteiger partial charge in [-0.1, -0.05) is 18.2 Å². The Hall–Kier alpha value is -2.47. The molecule has 6 nitrogen and oxygen atoms in total. The summed E-state index contributed by atoms with van der Waals surface area (Å²) in [6.45, 7) is 5.79. The number of rotatable bonds is 3. The summed E-state index contributed by atoms with van der Waals surface area (Å²) in [5.74, 6) is 0.00530. The quantitative estimate of drug-likeness (QED) is 0.845. The van der Waals surface area contributed by atoms with E-state index in [0.29, 0.717) is 11.7 Å². The van der Waals surface area contributed by atoms with Gasteiger partial charge < -0.3 is 9.80 Å². The lowest BCUT2D eigenvalue weighted by Crippen LogP contribution is -2.56. The molecule has 1 unspecified atom stereocenters. The van der Waals surface area contributed by atoms with Gasteiger partial charge in [-0.15, -0.1) is 0 Å². The number of aromatic nitrogens is 2. The number of hydrogen-bond donors (Lipinski definition) is 0. The molecule has 4 rings (SSSR count). The maximum absolute atomic E-state index is 12.7. The maximum atomic E-state index is 12.7. The van der Waals surface area contributed by atoms with Crippen LogP contribution in [0.5, 0.6) is 0 Å². The molecule has 2 aromatic rings. The van der Waals surface area contributed by atoms with Crippen LogP contribution in [0.2, 0.25) is 0 Å². The number of likely N-dealkylation sites (tertiary alicyclic amines) is 1. The van der Waals surface area contributed by atoms with Crippen LogP contribution in [0, 0.1) is 0 Å². The molecule has 2 aliphatic rings. The van der Waals surface area contributed by atoms with E-state index in [1.165, 1.54) is 5.69 Å². The van der Waals surface area contributed by atoms with Crippen molar-refractivity contribution in [1.82, 2.24) is 19.8 Å². The number of carbonyl (C=O) groups is 1. The molecule has 136 valence electrons. The molecule has 0 aliphatic carbocycles. The standard InChI is InChI=1S/C20H25N5O/c26-20(19-15-21-8-9-22-19)25-10-4-7-18(16-25)24-13-11-23(12-14-24)17-5-2-1-3-6-17/h1-3,5-6,8-9,15,18H,4,7,10-14,16H2. The van der Waals surface area contributed by atoms with Gasteiger partial charge in [0.05, 0.1) is 6.20 Å². The molecule has 26 heavy (non-hydrogen) atoms. The number of carbonyl (C=O) groups excluding carboxylic acids is 1. The van der Waals surface area contributed by atoms with Crippen molar-refractivity contribution in [3.8, 4) is 0 Å². The predicted octanol–water partition coefficient (Wildman–Crippen LogP) is 1.90.